The van der Waals surface area contributed by atoms with Crippen LogP contribution >= 0.6 is 35.7 Å². The summed E-state index contributed by atoms with van der Waals surface area (Å²) in [5, 5.41) is 6.61. The molecule has 7 heteroatoms. The number of thioether (sulfide) groups is 1. The summed E-state index contributed by atoms with van der Waals surface area (Å²) in [6, 6.07) is 14.3. The van der Waals surface area contributed by atoms with Crippen molar-refractivity contribution in [2.75, 3.05) is 26.0 Å². The van der Waals surface area contributed by atoms with Crippen molar-refractivity contribution in [1.29, 1.82) is 0 Å². The van der Waals surface area contributed by atoms with E-state index >= 15 is 0 Å². The molecule has 0 radical (unpaired) electrons. The van der Waals surface area contributed by atoms with Crippen LogP contribution in [0.4, 0.5) is 0 Å². The van der Waals surface area contributed by atoms with Crippen molar-refractivity contribution in [3.05, 3.63) is 54.2 Å². The maximum atomic E-state index is 5.26. The Bertz CT molecular complexity index is 640. The molecule has 0 unspecified atom stereocenters. The van der Waals surface area contributed by atoms with Gasteiger partial charge < -0.3 is 15.4 Å². The van der Waals surface area contributed by atoms with E-state index in [0.29, 0.717) is 12.4 Å². The lowest BCUT2D eigenvalue weighted by Crippen LogP contribution is -2.38. The largest absolute Gasteiger partial charge is 0.481 e. The van der Waals surface area contributed by atoms with E-state index < -0.39 is 0 Å². The molecular weight excluding hydrogens is 447 g/mol. The van der Waals surface area contributed by atoms with Gasteiger partial charge in [0.05, 0.1) is 13.7 Å². The van der Waals surface area contributed by atoms with E-state index in [2.05, 4.69) is 51.8 Å². The smallest absolute Gasteiger partial charge is 0.218 e. The van der Waals surface area contributed by atoms with Crippen LogP contribution in [0.2, 0.25) is 0 Å². The van der Waals surface area contributed by atoms with Gasteiger partial charge in [-0.25, -0.2) is 9.98 Å². The molecule has 0 spiro atoms. The third-order valence-corrected chi connectivity index (χ3v) is 4.22. The number of ether oxygens (including phenoxy) is 1. The molecule has 1 heterocycles. The molecule has 0 fully saturated rings. The Morgan fingerprint density at radius 2 is 1.96 bits per heavy atom. The third kappa shape index (κ3) is 7.96. The van der Waals surface area contributed by atoms with E-state index in [0.717, 1.165) is 30.4 Å². The lowest BCUT2D eigenvalue weighted by atomic mass is 10.3. The molecule has 0 aliphatic rings. The molecule has 0 aliphatic heterocycles. The van der Waals surface area contributed by atoms with Gasteiger partial charge in [0, 0.05) is 35.5 Å². The average molecular weight is 472 g/mol. The number of nitrogens with one attached hydrogen (secondary N) is 2. The molecule has 1 aromatic heterocycles. The Balaban J connectivity index is 0.00000312. The minimum absolute atomic E-state index is 0. The summed E-state index contributed by atoms with van der Waals surface area (Å²) in [5.41, 5.74) is 0.968. The monoisotopic (exact) mass is 472 g/mol. The van der Waals surface area contributed by atoms with Crippen molar-refractivity contribution < 1.29 is 4.74 Å². The van der Waals surface area contributed by atoms with Crippen molar-refractivity contribution in [2.45, 2.75) is 18.4 Å². The van der Waals surface area contributed by atoms with Gasteiger partial charge in [-0.1, -0.05) is 24.3 Å². The van der Waals surface area contributed by atoms with Crippen molar-refractivity contribution in [3.63, 3.8) is 0 Å². The number of halogens is 1. The Labute approximate surface area is 171 Å². The number of aromatic nitrogens is 1. The SMILES string of the molecule is CCNC(=NCc1cccnc1OC)NCCSc1ccccc1.I. The lowest BCUT2D eigenvalue weighted by molar-refractivity contribution is 0.392. The van der Waals surface area contributed by atoms with Crippen LogP contribution in [0.25, 0.3) is 0 Å². The lowest BCUT2D eigenvalue weighted by Gasteiger charge is -2.11. The molecule has 2 rings (SSSR count). The summed E-state index contributed by atoms with van der Waals surface area (Å²) in [4.78, 5) is 10.1. The average Bonchev–Trinajstić information content (AvgIpc) is 2.64. The number of aliphatic imine (C=N–C) groups is 1. The van der Waals surface area contributed by atoms with Crippen LogP contribution in [0.1, 0.15) is 12.5 Å². The van der Waals surface area contributed by atoms with Gasteiger partial charge in [0.1, 0.15) is 0 Å². The summed E-state index contributed by atoms with van der Waals surface area (Å²) in [6.07, 6.45) is 1.72. The number of methoxy groups -OCH3 is 1. The molecule has 2 N–H and O–H groups in total. The van der Waals surface area contributed by atoms with E-state index in [1.165, 1.54) is 4.90 Å². The molecule has 25 heavy (non-hydrogen) atoms. The zero-order chi connectivity index (χ0) is 17.0. The predicted molar refractivity (Wildman–Crippen MR) is 116 cm³/mol. The van der Waals surface area contributed by atoms with E-state index in [1.54, 1.807) is 13.3 Å². The quantitative estimate of drug-likeness (QED) is 0.202. The van der Waals surface area contributed by atoms with Crippen molar-refractivity contribution >= 4 is 41.7 Å². The van der Waals surface area contributed by atoms with Crippen LogP contribution in [0.5, 0.6) is 5.88 Å². The minimum Gasteiger partial charge on any atom is -0.481 e. The molecule has 0 aliphatic carbocycles. The maximum Gasteiger partial charge on any atom is 0.218 e. The molecule has 0 saturated heterocycles. The normalized spacial score (nSPS) is 10.7. The van der Waals surface area contributed by atoms with Crippen molar-refractivity contribution in [1.82, 2.24) is 15.6 Å². The first-order chi connectivity index (χ1) is 11.8. The number of benzene rings is 1. The van der Waals surface area contributed by atoms with Gasteiger partial charge in [-0.2, -0.15) is 0 Å². The van der Waals surface area contributed by atoms with Gasteiger partial charge in [0.2, 0.25) is 5.88 Å². The highest BCUT2D eigenvalue weighted by molar-refractivity contribution is 14.0. The zero-order valence-corrected chi connectivity index (χ0v) is 17.7. The second-order valence-electron chi connectivity index (χ2n) is 4.96. The summed E-state index contributed by atoms with van der Waals surface area (Å²) in [5.74, 6) is 2.40. The molecule has 1 aromatic carbocycles. The van der Waals surface area contributed by atoms with E-state index in [4.69, 9.17) is 4.74 Å². The van der Waals surface area contributed by atoms with E-state index in [9.17, 15) is 0 Å². The zero-order valence-electron chi connectivity index (χ0n) is 14.6. The van der Waals surface area contributed by atoms with Crippen LogP contribution in [-0.4, -0.2) is 36.9 Å². The number of hydrogen-bond acceptors (Lipinski definition) is 4. The minimum atomic E-state index is 0. The highest BCUT2D eigenvalue weighted by atomic mass is 127. The fraction of sp³-hybridized carbons (Fsp3) is 0.333. The topological polar surface area (TPSA) is 58.5 Å². The fourth-order valence-electron chi connectivity index (χ4n) is 2.09. The highest BCUT2D eigenvalue weighted by Gasteiger charge is 2.03. The van der Waals surface area contributed by atoms with Gasteiger partial charge in [-0.15, -0.1) is 35.7 Å². The maximum absolute atomic E-state index is 5.26. The number of rotatable bonds is 8. The van der Waals surface area contributed by atoms with Gasteiger partial charge >= 0.3 is 0 Å². The summed E-state index contributed by atoms with van der Waals surface area (Å²) >= 11 is 1.83. The summed E-state index contributed by atoms with van der Waals surface area (Å²) in [7, 11) is 1.62. The van der Waals surface area contributed by atoms with Crippen LogP contribution in [-0.2, 0) is 6.54 Å². The second kappa shape index (κ2) is 12.8. The molecule has 136 valence electrons. The molecule has 0 saturated carbocycles. The Morgan fingerprint density at radius 1 is 1.16 bits per heavy atom. The highest BCUT2D eigenvalue weighted by Crippen LogP contribution is 2.16. The molecular formula is C18H25IN4OS. The van der Waals surface area contributed by atoms with Crippen LogP contribution < -0.4 is 15.4 Å². The summed E-state index contributed by atoms with van der Waals surface area (Å²) < 4.78 is 5.26. The van der Waals surface area contributed by atoms with E-state index in [1.807, 2.05) is 30.0 Å². The third-order valence-electron chi connectivity index (χ3n) is 3.20. The van der Waals surface area contributed by atoms with Crippen molar-refractivity contribution in [2.24, 2.45) is 4.99 Å². The fourth-order valence-corrected chi connectivity index (χ4v) is 2.88. The van der Waals surface area contributed by atoms with Gasteiger partial charge in [0.15, 0.2) is 5.96 Å². The Hall–Kier alpha value is -1.48. The standard InChI is InChI=1S/C18H24N4OS.HI/c1-3-19-18(21-12-13-24-16-9-5-4-6-10-16)22-14-15-8-7-11-20-17(15)23-2;/h4-11H,3,12-14H2,1-2H3,(H2,19,21,22);1H. The van der Waals surface area contributed by atoms with Crippen LogP contribution in [0, 0.1) is 0 Å². The number of nitrogens with zero attached hydrogens (tertiary/aromatic N) is 2. The Morgan fingerprint density at radius 3 is 2.68 bits per heavy atom. The van der Waals surface area contributed by atoms with Gasteiger partial charge in [-0.05, 0) is 25.1 Å². The van der Waals surface area contributed by atoms with Crippen molar-refractivity contribution in [3.8, 4) is 5.88 Å². The first-order valence-corrected chi connectivity index (χ1v) is 9.00. The number of pyridine rings is 1. The predicted octanol–water partition coefficient (Wildman–Crippen LogP) is 3.56. The molecule has 0 atom stereocenters. The van der Waals surface area contributed by atoms with Crippen LogP contribution in [0.15, 0.2) is 58.5 Å². The first-order valence-electron chi connectivity index (χ1n) is 8.01. The molecule has 2 aromatic rings. The number of guanidine groups is 1. The van der Waals surface area contributed by atoms with Crippen LogP contribution in [0.3, 0.4) is 0 Å². The number of hydrogen-bond donors (Lipinski definition) is 2. The molecule has 5 nitrogen and oxygen atoms in total. The summed E-state index contributed by atoms with van der Waals surface area (Å²) in [6.45, 7) is 4.25. The second-order valence-corrected chi connectivity index (χ2v) is 6.12. The molecule has 0 bridgehead atoms. The Kier molecular flexibility index (Phi) is 11.1. The van der Waals surface area contributed by atoms with Gasteiger partial charge in [0.25, 0.3) is 0 Å². The van der Waals surface area contributed by atoms with Gasteiger partial charge in [-0.3, -0.25) is 0 Å². The first kappa shape index (κ1) is 21.6. The molecule has 0 amide bonds. The van der Waals surface area contributed by atoms with E-state index in [-0.39, 0.29) is 24.0 Å².